The lowest BCUT2D eigenvalue weighted by atomic mass is 9.90. The predicted molar refractivity (Wildman–Crippen MR) is 593 cm³/mol. The van der Waals surface area contributed by atoms with Crippen LogP contribution in [0.3, 0.4) is 0 Å². The van der Waals surface area contributed by atoms with E-state index in [0.717, 1.165) is 64.2 Å². The van der Waals surface area contributed by atoms with E-state index in [1.807, 2.05) is 22.7 Å². The van der Waals surface area contributed by atoms with Crippen LogP contribution >= 0.6 is 68.0 Å². The van der Waals surface area contributed by atoms with E-state index in [4.69, 9.17) is 0 Å². The van der Waals surface area contributed by atoms with Crippen molar-refractivity contribution >= 4 is 68.0 Å². The molecule has 11 rings (SSSR count). The van der Waals surface area contributed by atoms with Crippen LogP contribution in [0.15, 0.2) is 144 Å². The van der Waals surface area contributed by atoms with Crippen molar-refractivity contribution in [2.24, 2.45) is 0 Å². The molecule has 0 saturated heterocycles. The van der Waals surface area contributed by atoms with Crippen molar-refractivity contribution in [1.29, 1.82) is 0 Å². The monoisotopic (exact) mass is 1860 g/mol. The van der Waals surface area contributed by atoms with Gasteiger partial charge in [0.15, 0.2) is 0 Å². The van der Waals surface area contributed by atoms with E-state index in [0.29, 0.717) is 0 Å². The van der Waals surface area contributed by atoms with Gasteiger partial charge >= 0.3 is 0 Å². The molecule has 6 aromatic heterocycles. The molecule has 0 nitrogen and oxygen atoms in total. The number of thiophene rings is 6. The lowest BCUT2D eigenvalue weighted by molar-refractivity contribution is 0.630. The molecule has 0 saturated carbocycles. The van der Waals surface area contributed by atoms with Crippen LogP contribution in [0.5, 0.6) is 0 Å². The highest BCUT2D eigenvalue weighted by atomic mass is 32.1. The molecule has 130 heavy (non-hydrogen) atoms. The Hall–Kier alpha value is -5.70. The minimum atomic E-state index is 1.12. The van der Waals surface area contributed by atoms with E-state index in [9.17, 15) is 0 Å². The molecule has 0 aliphatic rings. The third-order valence-corrected chi connectivity index (χ3v) is 34.7. The summed E-state index contributed by atoms with van der Waals surface area (Å²) in [5.74, 6) is 0. The van der Waals surface area contributed by atoms with E-state index in [1.54, 1.807) is 55.6 Å². The molecular weight excluding hydrogens is 1680 g/mol. The van der Waals surface area contributed by atoms with Crippen molar-refractivity contribution in [1.82, 2.24) is 0 Å². The molecule has 706 valence electrons. The summed E-state index contributed by atoms with van der Waals surface area (Å²) < 4.78 is 0. The van der Waals surface area contributed by atoms with Gasteiger partial charge in [0.1, 0.15) is 0 Å². The fraction of sp³-hybridized carbons (Fsp3) is 0.565. The molecule has 0 atom stereocenters. The van der Waals surface area contributed by atoms with Gasteiger partial charge < -0.3 is 0 Å². The third-order valence-electron chi connectivity index (χ3n) is 28.3. The van der Waals surface area contributed by atoms with Crippen molar-refractivity contribution < 1.29 is 0 Å². The van der Waals surface area contributed by atoms with Crippen LogP contribution in [-0.4, -0.2) is 0 Å². The molecule has 0 amide bonds. The Morgan fingerprint density at radius 1 is 0.138 bits per heavy atom. The Balaban J connectivity index is 1.01. The Kier molecular flexibility index (Phi) is 48.9. The molecule has 0 aliphatic heterocycles. The zero-order valence-electron chi connectivity index (χ0n) is 83.7. The van der Waals surface area contributed by atoms with Gasteiger partial charge in [0.25, 0.3) is 0 Å². The molecule has 6 heteroatoms. The van der Waals surface area contributed by atoms with E-state index in [-0.39, 0.29) is 0 Å². The first-order valence-electron chi connectivity index (χ1n) is 54.4. The zero-order valence-corrected chi connectivity index (χ0v) is 88.6. The molecule has 0 bridgehead atoms. The minimum absolute atomic E-state index is 1.12. The summed E-state index contributed by atoms with van der Waals surface area (Å²) in [7, 11) is 0. The highest BCUT2D eigenvalue weighted by Crippen LogP contribution is 2.50. The smallest absolute Gasteiger partial charge is 0.0352 e. The number of unbranched alkanes of at least 4 members (excludes halogenated alkanes) is 40. The second-order valence-corrected chi connectivity index (χ2v) is 45.3. The van der Waals surface area contributed by atoms with Gasteiger partial charge in [-0.15, -0.1) is 68.0 Å². The van der Waals surface area contributed by atoms with Gasteiger partial charge in [-0.2, -0.15) is 0 Å². The first-order chi connectivity index (χ1) is 64.2. The molecule has 0 unspecified atom stereocenters. The summed E-state index contributed by atoms with van der Waals surface area (Å²) in [5.41, 5.74) is 30.6. The average Bonchev–Trinajstić information content (AvgIpc) is 1.59. The highest BCUT2D eigenvalue weighted by Gasteiger charge is 2.26. The zero-order chi connectivity index (χ0) is 91.0. The summed E-state index contributed by atoms with van der Waals surface area (Å²) >= 11 is 12.3. The van der Waals surface area contributed by atoms with E-state index < -0.39 is 0 Å². The molecule has 0 radical (unpaired) electrons. The number of hydrogen-bond donors (Lipinski definition) is 0. The number of rotatable bonds is 70. The Labute approximate surface area is 819 Å². The molecule has 6 heterocycles. The molecular formula is C124H174S6. The van der Waals surface area contributed by atoms with Crippen LogP contribution in [0.2, 0.25) is 0 Å². The average molecular weight is 1860 g/mol. The lowest BCUT2D eigenvalue weighted by Gasteiger charge is -2.18. The molecule has 11 aromatic rings. The Bertz CT molecular complexity index is 4600. The van der Waals surface area contributed by atoms with Crippen LogP contribution in [0.1, 0.15) is 446 Å². The summed E-state index contributed by atoms with van der Waals surface area (Å²) in [5, 5.41) is 4.58. The van der Waals surface area contributed by atoms with Gasteiger partial charge in [-0.3, -0.25) is 0 Å². The largest absolute Gasteiger partial charge is 0.144 e. The molecule has 0 aliphatic carbocycles. The first-order valence-corrected chi connectivity index (χ1v) is 59.5. The summed E-state index contributed by atoms with van der Waals surface area (Å²) in [6.07, 6.45) is 76.1. The Morgan fingerprint density at radius 3 is 0.377 bits per heavy atom. The van der Waals surface area contributed by atoms with Crippen LogP contribution in [0.4, 0.5) is 0 Å². The second kappa shape index (κ2) is 60.7. The van der Waals surface area contributed by atoms with Crippen molar-refractivity contribution in [2.75, 3.05) is 0 Å². The van der Waals surface area contributed by atoms with E-state index >= 15 is 0 Å². The minimum Gasteiger partial charge on any atom is -0.144 e. The van der Waals surface area contributed by atoms with Crippen LogP contribution in [0, 0.1) is 0 Å². The van der Waals surface area contributed by atoms with Gasteiger partial charge in [-0.1, -0.05) is 338 Å². The van der Waals surface area contributed by atoms with Gasteiger partial charge in [0, 0.05) is 48.8 Å². The maximum Gasteiger partial charge on any atom is 0.0352 e. The summed E-state index contributed by atoms with van der Waals surface area (Å²) in [6.45, 7) is 23.6. The Morgan fingerprint density at radius 2 is 0.262 bits per heavy atom. The first kappa shape index (κ1) is 105. The van der Waals surface area contributed by atoms with Gasteiger partial charge in [-0.05, 0) is 372 Å². The maximum absolute atomic E-state index is 2.77. The van der Waals surface area contributed by atoms with Crippen molar-refractivity contribution in [2.45, 2.75) is 454 Å². The molecule has 0 fully saturated rings. The maximum atomic E-state index is 2.77. The standard InChI is InChI=1S/C124H174S6/c1-11-21-31-41-51-63-95-87-107(97(65-53-43-33-23-13-3)85-105(95)115-73-61-83-125-115)117-75-77-119(127-117)109-89-101(69-57-47-37-27-17-7)111(91-99(109)67-55-45-35-25-15-5)121-79-81-123(129-121)113-93-104(72-60-50-40-30-20-10)114(94-103(113)71-59-49-39-29-19-9)124-82-80-122(130-124)112-92-100(68-56-46-36-26-16-6)110(90-102(112)70-58-48-38-28-18-8)120-78-76-118(128-120)108-88-96(64-52-42-32-22-12-2)106(116-74-62-84-126-116)86-98(108)66-54-44-34-24-14-4/h61-62,73-94H,11-60,63-72H2,1-10H3. The third kappa shape index (κ3) is 32.8. The van der Waals surface area contributed by atoms with Crippen molar-refractivity contribution in [3.05, 3.63) is 200 Å². The van der Waals surface area contributed by atoms with Crippen molar-refractivity contribution in [3.63, 3.8) is 0 Å². The van der Waals surface area contributed by atoms with Gasteiger partial charge in [0.2, 0.25) is 0 Å². The van der Waals surface area contributed by atoms with Gasteiger partial charge in [-0.25, -0.2) is 0 Å². The number of aryl methyl sites for hydroxylation is 10. The summed E-state index contributed by atoms with van der Waals surface area (Å²) in [4.78, 5) is 14.6. The predicted octanol–water partition coefficient (Wildman–Crippen LogP) is 43.9. The fourth-order valence-electron chi connectivity index (χ4n) is 20.4. The van der Waals surface area contributed by atoms with Crippen molar-refractivity contribution in [3.8, 4) is 104 Å². The van der Waals surface area contributed by atoms with E-state index in [2.05, 4.69) is 259 Å². The quantitative estimate of drug-likeness (QED) is 0.0333. The van der Waals surface area contributed by atoms with E-state index in [1.165, 1.54) is 425 Å². The number of hydrogen-bond acceptors (Lipinski definition) is 6. The van der Waals surface area contributed by atoms with Crippen LogP contribution in [-0.2, 0) is 64.2 Å². The number of benzene rings is 5. The molecule has 0 spiro atoms. The van der Waals surface area contributed by atoms with Crippen LogP contribution in [0.25, 0.3) is 104 Å². The highest BCUT2D eigenvalue weighted by molar-refractivity contribution is 7.20. The fourth-order valence-corrected chi connectivity index (χ4v) is 26.4. The normalized spacial score (nSPS) is 11.8. The lowest BCUT2D eigenvalue weighted by Crippen LogP contribution is -1.98. The molecule has 0 N–H and O–H groups in total. The second-order valence-electron chi connectivity index (χ2n) is 39.1. The molecule has 5 aromatic carbocycles. The topological polar surface area (TPSA) is 0 Å². The summed E-state index contributed by atoms with van der Waals surface area (Å²) in [6, 6.07) is 57.1. The SMILES string of the molecule is CCCCCCCc1cc(-c2ccc(-c3cc(CCCCCCC)c(-c4ccc(-c5cc(CCCCCCC)c(-c6ccc(-c7cc(CCCCCCC)c(-c8ccc(-c9cc(CCCCCCC)c(-c%10cccs%10)cc9CCCCCCC)s8)cc7CCCCCCC)s6)cc5CCCCCCC)s4)cc3CCCCCCC)s2)c(CCCCCCC)cc1-c1cccs1. The van der Waals surface area contributed by atoms with Gasteiger partial charge in [0.05, 0.1) is 0 Å². The van der Waals surface area contributed by atoms with Crippen LogP contribution < -0.4 is 0 Å².